The number of alkyl halides is 3. The smallest absolute Gasteiger partial charge is 0.335 e. The zero-order chi connectivity index (χ0) is 21.9. The largest absolute Gasteiger partial charge is 0.416 e. The summed E-state index contributed by atoms with van der Waals surface area (Å²) in [5.74, 6) is 0.505. The maximum Gasteiger partial charge on any atom is 0.416 e. The summed E-state index contributed by atoms with van der Waals surface area (Å²) in [6.07, 6.45) is -3.05. The van der Waals surface area contributed by atoms with Crippen LogP contribution < -0.4 is 0 Å². The number of fused-ring (bicyclic) bond motifs is 2. The van der Waals surface area contributed by atoms with Gasteiger partial charge in [-0.3, -0.25) is 4.79 Å². The van der Waals surface area contributed by atoms with Gasteiger partial charge in [-0.05, 0) is 62.1 Å². The number of carbonyl (C=O) groups excluding carboxylic acids is 1. The Morgan fingerprint density at radius 2 is 1.74 bits per heavy atom. The molecule has 31 heavy (non-hydrogen) atoms. The van der Waals surface area contributed by atoms with Crippen LogP contribution in [0.15, 0.2) is 30.3 Å². The number of aromatic nitrogens is 4. The molecule has 1 aromatic carbocycles. The van der Waals surface area contributed by atoms with E-state index in [1.165, 1.54) is 6.07 Å². The van der Waals surface area contributed by atoms with Gasteiger partial charge in [-0.25, -0.2) is 9.50 Å². The Balaban J connectivity index is 1.32. The third kappa shape index (κ3) is 3.45. The van der Waals surface area contributed by atoms with Gasteiger partial charge in [-0.15, -0.1) is 5.10 Å². The molecule has 3 heterocycles. The SMILES string of the molecule is Cc1cc(C)n2nc(C(=O)N3C[C@H]4CC(c5ccccc5C(F)(F)F)C[C@H]4C3)nc2n1. The second-order valence-electron chi connectivity index (χ2n) is 8.67. The van der Waals surface area contributed by atoms with E-state index < -0.39 is 11.7 Å². The van der Waals surface area contributed by atoms with Crippen molar-refractivity contribution in [1.82, 2.24) is 24.5 Å². The average molecular weight is 429 g/mol. The molecule has 2 aromatic heterocycles. The Hall–Kier alpha value is -2.97. The summed E-state index contributed by atoms with van der Waals surface area (Å²) in [6.45, 7) is 4.78. The first-order valence-electron chi connectivity index (χ1n) is 10.4. The van der Waals surface area contributed by atoms with Crippen molar-refractivity contribution in [3.63, 3.8) is 0 Å². The van der Waals surface area contributed by atoms with Gasteiger partial charge in [-0.2, -0.15) is 18.2 Å². The van der Waals surface area contributed by atoms with Crippen molar-refractivity contribution >= 4 is 11.7 Å². The van der Waals surface area contributed by atoms with E-state index in [2.05, 4.69) is 15.1 Å². The quantitative estimate of drug-likeness (QED) is 0.617. The van der Waals surface area contributed by atoms with Crippen molar-refractivity contribution in [2.24, 2.45) is 11.8 Å². The third-order valence-corrected chi connectivity index (χ3v) is 6.55. The number of hydrogen-bond donors (Lipinski definition) is 0. The number of likely N-dealkylation sites (tertiary alicyclic amines) is 1. The lowest BCUT2D eigenvalue weighted by Crippen LogP contribution is -2.30. The van der Waals surface area contributed by atoms with Crippen molar-refractivity contribution in [1.29, 1.82) is 0 Å². The molecule has 0 radical (unpaired) electrons. The zero-order valence-corrected chi connectivity index (χ0v) is 17.2. The molecule has 9 heteroatoms. The molecule has 1 aliphatic carbocycles. The minimum absolute atomic E-state index is 0.111. The maximum absolute atomic E-state index is 13.4. The lowest BCUT2D eigenvalue weighted by Gasteiger charge is -2.21. The van der Waals surface area contributed by atoms with Crippen LogP contribution in [0.5, 0.6) is 0 Å². The van der Waals surface area contributed by atoms with Crippen LogP contribution in [-0.2, 0) is 6.18 Å². The molecule has 5 rings (SSSR count). The molecule has 1 amide bonds. The molecule has 162 valence electrons. The summed E-state index contributed by atoms with van der Waals surface area (Å²) >= 11 is 0. The van der Waals surface area contributed by atoms with Crippen LogP contribution >= 0.6 is 0 Å². The molecular formula is C22H22F3N5O. The first-order chi connectivity index (χ1) is 14.7. The number of hydrogen-bond acceptors (Lipinski definition) is 4. The van der Waals surface area contributed by atoms with Crippen molar-refractivity contribution in [2.45, 2.75) is 38.8 Å². The summed E-state index contributed by atoms with van der Waals surface area (Å²) in [7, 11) is 0. The molecule has 1 saturated carbocycles. The fraction of sp³-hybridized carbons (Fsp3) is 0.455. The van der Waals surface area contributed by atoms with Gasteiger partial charge in [0.1, 0.15) is 0 Å². The summed E-state index contributed by atoms with van der Waals surface area (Å²) in [4.78, 5) is 23.3. The Labute approximate surface area is 177 Å². The van der Waals surface area contributed by atoms with Crippen molar-refractivity contribution in [2.75, 3.05) is 13.1 Å². The fourth-order valence-corrected chi connectivity index (χ4v) is 5.23. The number of benzene rings is 1. The molecule has 2 aliphatic rings. The van der Waals surface area contributed by atoms with Crippen LogP contribution in [0.1, 0.15) is 51.9 Å². The summed E-state index contributed by atoms with van der Waals surface area (Å²) in [5, 5.41) is 4.32. The predicted octanol–water partition coefficient (Wildman–Crippen LogP) is 4.03. The van der Waals surface area contributed by atoms with E-state index in [4.69, 9.17) is 0 Å². The predicted molar refractivity (Wildman–Crippen MR) is 107 cm³/mol. The van der Waals surface area contributed by atoms with E-state index in [1.54, 1.807) is 21.5 Å². The van der Waals surface area contributed by atoms with E-state index in [0.29, 0.717) is 37.3 Å². The van der Waals surface area contributed by atoms with E-state index in [0.717, 1.165) is 17.5 Å². The van der Waals surface area contributed by atoms with Gasteiger partial charge in [0.05, 0.1) is 5.56 Å². The molecule has 3 atom stereocenters. The van der Waals surface area contributed by atoms with Crippen LogP contribution in [0.4, 0.5) is 13.2 Å². The Morgan fingerprint density at radius 3 is 2.42 bits per heavy atom. The molecule has 1 aliphatic heterocycles. The van der Waals surface area contributed by atoms with Crippen LogP contribution in [0, 0.1) is 25.7 Å². The molecule has 0 bridgehead atoms. The van der Waals surface area contributed by atoms with Gasteiger partial charge >= 0.3 is 6.18 Å². The summed E-state index contributed by atoms with van der Waals surface area (Å²) in [5.41, 5.74) is 1.48. The van der Waals surface area contributed by atoms with Gasteiger partial charge in [0.15, 0.2) is 0 Å². The number of carbonyl (C=O) groups is 1. The number of halogens is 3. The van der Waals surface area contributed by atoms with Gasteiger partial charge in [0.2, 0.25) is 5.82 Å². The summed E-state index contributed by atoms with van der Waals surface area (Å²) < 4.78 is 41.8. The number of nitrogens with zero attached hydrogens (tertiary/aromatic N) is 5. The lowest BCUT2D eigenvalue weighted by atomic mass is 9.91. The normalized spacial score (nSPS) is 23.5. The average Bonchev–Trinajstić information content (AvgIpc) is 3.39. The molecule has 3 aromatic rings. The Kier molecular flexibility index (Phi) is 4.53. The minimum atomic E-state index is -4.35. The van der Waals surface area contributed by atoms with Gasteiger partial charge in [-0.1, -0.05) is 18.2 Å². The molecule has 2 fully saturated rings. The number of aryl methyl sites for hydroxylation is 2. The van der Waals surface area contributed by atoms with Crippen molar-refractivity contribution in [3.05, 3.63) is 58.7 Å². The zero-order valence-electron chi connectivity index (χ0n) is 17.2. The molecule has 1 saturated heterocycles. The fourth-order valence-electron chi connectivity index (χ4n) is 5.23. The first kappa shape index (κ1) is 20.0. The Morgan fingerprint density at radius 1 is 1.06 bits per heavy atom. The Bertz CT molecular complexity index is 1160. The van der Waals surface area contributed by atoms with Crippen molar-refractivity contribution < 1.29 is 18.0 Å². The summed E-state index contributed by atoms with van der Waals surface area (Å²) in [6, 6.07) is 7.72. The topological polar surface area (TPSA) is 63.4 Å². The first-order valence-corrected chi connectivity index (χ1v) is 10.4. The van der Waals surface area contributed by atoms with Crippen LogP contribution in [-0.4, -0.2) is 43.5 Å². The molecule has 0 spiro atoms. The molecule has 6 nitrogen and oxygen atoms in total. The monoisotopic (exact) mass is 429 g/mol. The van der Waals surface area contributed by atoms with E-state index >= 15 is 0 Å². The van der Waals surface area contributed by atoms with Crippen LogP contribution in [0.2, 0.25) is 0 Å². The maximum atomic E-state index is 13.4. The highest BCUT2D eigenvalue weighted by Crippen LogP contribution is 2.48. The second kappa shape index (κ2) is 7.03. The van der Waals surface area contributed by atoms with Gasteiger partial charge < -0.3 is 4.90 Å². The molecular weight excluding hydrogens is 407 g/mol. The third-order valence-electron chi connectivity index (χ3n) is 6.55. The number of amides is 1. The van der Waals surface area contributed by atoms with Gasteiger partial charge in [0.25, 0.3) is 11.7 Å². The van der Waals surface area contributed by atoms with E-state index in [1.807, 2.05) is 19.9 Å². The van der Waals surface area contributed by atoms with Crippen LogP contribution in [0.3, 0.4) is 0 Å². The molecule has 0 N–H and O–H groups in total. The molecule has 1 unspecified atom stereocenters. The van der Waals surface area contributed by atoms with E-state index in [-0.39, 0.29) is 29.5 Å². The van der Waals surface area contributed by atoms with Gasteiger partial charge in [0, 0.05) is 24.5 Å². The highest BCUT2D eigenvalue weighted by atomic mass is 19.4. The number of rotatable bonds is 2. The standard InChI is InChI=1S/C22H22F3N5O/c1-12-7-13(2)30-21(26-12)27-19(28-30)20(31)29-10-15-8-14(9-16(15)11-29)17-5-3-4-6-18(17)22(23,24)25/h3-7,14-16H,8-11H2,1-2H3/t14?,15-,16+. The van der Waals surface area contributed by atoms with E-state index in [9.17, 15) is 18.0 Å². The van der Waals surface area contributed by atoms with Crippen molar-refractivity contribution in [3.8, 4) is 0 Å². The highest BCUT2D eigenvalue weighted by molar-refractivity contribution is 5.91. The second-order valence-corrected chi connectivity index (χ2v) is 8.67. The minimum Gasteiger partial charge on any atom is -0.335 e. The lowest BCUT2D eigenvalue weighted by molar-refractivity contribution is -0.138. The highest BCUT2D eigenvalue weighted by Gasteiger charge is 2.45. The van der Waals surface area contributed by atoms with Crippen LogP contribution in [0.25, 0.3) is 5.78 Å².